The summed E-state index contributed by atoms with van der Waals surface area (Å²) < 4.78 is 0. The van der Waals surface area contributed by atoms with Crippen LogP contribution in [0.4, 0.5) is 11.4 Å². The maximum Gasteiger partial charge on any atom is 0.252 e. The summed E-state index contributed by atoms with van der Waals surface area (Å²) in [7, 11) is 2.03. The summed E-state index contributed by atoms with van der Waals surface area (Å²) in [6.45, 7) is 3.19. The summed E-state index contributed by atoms with van der Waals surface area (Å²) >= 11 is 0. The first-order valence-electron chi connectivity index (χ1n) is 8.89. The Balaban J connectivity index is 1.81. The Morgan fingerprint density at radius 1 is 1.22 bits per heavy atom. The first-order chi connectivity index (χ1) is 12.8. The highest BCUT2D eigenvalue weighted by Crippen LogP contribution is 2.22. The number of nitrogens with one attached hydrogen (secondary N) is 1. The van der Waals surface area contributed by atoms with E-state index in [0.29, 0.717) is 18.2 Å². The lowest BCUT2D eigenvalue weighted by Gasteiger charge is -2.27. The summed E-state index contributed by atoms with van der Waals surface area (Å²) in [5.74, 6) is -0.917. The van der Waals surface area contributed by atoms with Crippen molar-refractivity contribution in [2.24, 2.45) is 5.73 Å². The van der Waals surface area contributed by atoms with Crippen molar-refractivity contribution in [3.63, 3.8) is 0 Å². The minimum atomic E-state index is -0.797. The van der Waals surface area contributed by atoms with Crippen molar-refractivity contribution in [1.29, 1.82) is 0 Å². The lowest BCUT2D eigenvalue weighted by atomic mass is 10.0. The number of carbonyl (C=O) groups is 1. The van der Waals surface area contributed by atoms with Crippen molar-refractivity contribution in [1.82, 2.24) is 5.32 Å². The molecule has 7 N–H and O–H groups in total. The fraction of sp³-hybridized carbons (Fsp3) is 0.350. The molecule has 0 saturated heterocycles. The molecule has 2 atom stereocenters. The summed E-state index contributed by atoms with van der Waals surface area (Å²) in [6, 6.07) is 12.4. The molecule has 0 radical (unpaired) electrons. The second-order valence-electron chi connectivity index (χ2n) is 6.70. The third kappa shape index (κ3) is 5.60. The average Bonchev–Trinajstić information content (AvgIpc) is 2.65. The molecule has 7 nitrogen and oxygen atoms in total. The van der Waals surface area contributed by atoms with Crippen LogP contribution in [-0.4, -0.2) is 42.3 Å². The van der Waals surface area contributed by atoms with Crippen molar-refractivity contribution in [2.45, 2.75) is 25.5 Å². The highest BCUT2D eigenvalue weighted by Gasteiger charge is 2.14. The van der Waals surface area contributed by atoms with Crippen LogP contribution in [0.5, 0.6) is 5.75 Å². The van der Waals surface area contributed by atoms with Crippen LogP contribution in [-0.2, 0) is 0 Å². The molecule has 7 heteroatoms. The van der Waals surface area contributed by atoms with Crippen molar-refractivity contribution < 1.29 is 15.0 Å². The lowest BCUT2D eigenvalue weighted by molar-refractivity contribution is 0.0997. The van der Waals surface area contributed by atoms with Crippen LogP contribution in [0.2, 0.25) is 0 Å². The Bertz CT molecular complexity index is 764. The van der Waals surface area contributed by atoms with Gasteiger partial charge in [-0.3, -0.25) is 4.79 Å². The van der Waals surface area contributed by atoms with Crippen molar-refractivity contribution in [3.05, 3.63) is 53.6 Å². The van der Waals surface area contributed by atoms with E-state index < -0.39 is 12.0 Å². The highest BCUT2D eigenvalue weighted by molar-refractivity contribution is 5.95. The van der Waals surface area contributed by atoms with E-state index in [1.165, 1.54) is 12.1 Å². The molecule has 0 fully saturated rings. The third-order valence-electron chi connectivity index (χ3n) is 4.71. The van der Waals surface area contributed by atoms with Gasteiger partial charge in [0.1, 0.15) is 5.75 Å². The number of nitrogens with two attached hydrogens (primary N) is 2. The zero-order valence-corrected chi connectivity index (χ0v) is 15.7. The number of amides is 1. The van der Waals surface area contributed by atoms with Gasteiger partial charge in [0.2, 0.25) is 0 Å². The van der Waals surface area contributed by atoms with Crippen LogP contribution in [0.25, 0.3) is 0 Å². The fourth-order valence-electron chi connectivity index (χ4n) is 2.78. The Kier molecular flexibility index (Phi) is 7.04. The molecule has 2 unspecified atom stereocenters. The van der Waals surface area contributed by atoms with Gasteiger partial charge in [-0.05, 0) is 61.9 Å². The molecule has 0 aromatic heterocycles. The zero-order chi connectivity index (χ0) is 20.0. The summed E-state index contributed by atoms with van der Waals surface area (Å²) in [4.78, 5) is 13.5. The number of rotatable bonds is 9. The molecule has 0 aliphatic heterocycles. The Hall–Kier alpha value is -2.77. The number of hydrogen-bond acceptors (Lipinski definition) is 6. The van der Waals surface area contributed by atoms with Gasteiger partial charge >= 0.3 is 0 Å². The number of aromatic hydroxyl groups is 1. The van der Waals surface area contributed by atoms with Crippen LogP contribution in [0.1, 0.15) is 35.4 Å². The highest BCUT2D eigenvalue weighted by atomic mass is 16.3. The van der Waals surface area contributed by atoms with Gasteiger partial charge < -0.3 is 31.9 Å². The van der Waals surface area contributed by atoms with Crippen LogP contribution in [0, 0.1) is 0 Å². The number of primary amides is 1. The predicted molar refractivity (Wildman–Crippen MR) is 108 cm³/mol. The van der Waals surface area contributed by atoms with Crippen molar-refractivity contribution in [2.75, 3.05) is 30.8 Å². The predicted octanol–water partition coefficient (Wildman–Crippen LogP) is 1.61. The molecule has 0 saturated carbocycles. The monoisotopic (exact) mass is 372 g/mol. The number of benzene rings is 2. The Morgan fingerprint density at radius 3 is 2.52 bits per heavy atom. The second-order valence-corrected chi connectivity index (χ2v) is 6.70. The molecular weight excluding hydrogens is 344 g/mol. The smallest absolute Gasteiger partial charge is 0.252 e. The van der Waals surface area contributed by atoms with Crippen LogP contribution in [0.15, 0.2) is 42.5 Å². The van der Waals surface area contributed by atoms with Crippen molar-refractivity contribution in [3.8, 4) is 5.75 Å². The van der Waals surface area contributed by atoms with Gasteiger partial charge in [0.05, 0.1) is 11.7 Å². The minimum Gasteiger partial charge on any atom is -0.507 e. The zero-order valence-electron chi connectivity index (χ0n) is 15.7. The summed E-state index contributed by atoms with van der Waals surface area (Å²) in [5, 5.41) is 23.1. The molecular formula is C20H28N4O3. The Morgan fingerprint density at radius 2 is 1.89 bits per heavy atom. The normalized spacial score (nSPS) is 13.1. The minimum absolute atomic E-state index is 0.00490. The molecule has 2 rings (SSSR count). The van der Waals surface area contributed by atoms with E-state index in [9.17, 15) is 15.0 Å². The second kappa shape index (κ2) is 9.25. The van der Waals surface area contributed by atoms with E-state index >= 15 is 0 Å². The molecule has 2 aromatic carbocycles. The molecule has 0 heterocycles. The molecule has 146 valence electrons. The van der Waals surface area contributed by atoms with Gasteiger partial charge in [-0.1, -0.05) is 6.07 Å². The van der Waals surface area contributed by atoms with E-state index in [4.69, 9.17) is 11.5 Å². The van der Waals surface area contributed by atoms with Crippen LogP contribution >= 0.6 is 0 Å². The van der Waals surface area contributed by atoms with E-state index in [2.05, 4.69) is 17.1 Å². The van der Waals surface area contributed by atoms with E-state index in [1.54, 1.807) is 6.07 Å². The van der Waals surface area contributed by atoms with E-state index in [-0.39, 0.29) is 11.3 Å². The quantitative estimate of drug-likeness (QED) is 0.336. The number of aliphatic hydroxyl groups is 1. The first kappa shape index (κ1) is 20.5. The van der Waals surface area contributed by atoms with E-state index in [1.807, 2.05) is 31.3 Å². The van der Waals surface area contributed by atoms with Crippen LogP contribution in [0.3, 0.4) is 0 Å². The van der Waals surface area contributed by atoms with Gasteiger partial charge in [-0.2, -0.15) is 0 Å². The molecule has 2 aromatic rings. The summed E-state index contributed by atoms with van der Waals surface area (Å²) in [6.07, 6.45) is 0.0873. The molecule has 1 amide bonds. The first-order valence-corrected chi connectivity index (χ1v) is 8.89. The molecule has 27 heavy (non-hydrogen) atoms. The number of phenols is 1. The fourth-order valence-corrected chi connectivity index (χ4v) is 2.78. The maximum absolute atomic E-state index is 11.3. The van der Waals surface area contributed by atoms with Gasteiger partial charge in [0.15, 0.2) is 0 Å². The summed E-state index contributed by atoms with van der Waals surface area (Å²) in [5.41, 5.74) is 13.3. The number of aliphatic hydroxyl groups excluding tert-OH is 1. The SMILES string of the molecule is CC(CCNCC(O)c1ccc(O)c(C(N)=O)c1)N(C)c1ccc(N)cc1. The number of nitrogens with zero attached hydrogens (tertiary/aromatic N) is 1. The average molecular weight is 372 g/mol. The van der Waals surface area contributed by atoms with E-state index in [0.717, 1.165) is 24.3 Å². The van der Waals surface area contributed by atoms with Crippen LogP contribution < -0.4 is 21.7 Å². The number of nitrogen functional groups attached to an aromatic ring is 1. The number of carbonyl (C=O) groups excluding carboxylic acids is 1. The standard InChI is InChI=1S/C20H28N4O3/c1-13(24(2)16-6-4-15(21)5-7-16)9-10-23-12-19(26)14-3-8-18(25)17(11-14)20(22)27/h3-8,11,13,19,23,25-26H,9-10,12,21H2,1-2H3,(H2,22,27). The van der Waals surface area contributed by atoms with Gasteiger partial charge in [0.25, 0.3) is 5.91 Å². The van der Waals surface area contributed by atoms with Gasteiger partial charge in [-0.25, -0.2) is 0 Å². The molecule has 0 spiro atoms. The Labute approximate surface area is 159 Å². The largest absolute Gasteiger partial charge is 0.507 e. The topological polar surface area (TPSA) is 125 Å². The molecule has 0 bridgehead atoms. The van der Waals surface area contributed by atoms with Gasteiger partial charge in [0, 0.05) is 31.0 Å². The maximum atomic E-state index is 11.3. The lowest BCUT2D eigenvalue weighted by Crippen LogP contribution is -2.33. The molecule has 0 aliphatic rings. The number of anilines is 2. The van der Waals surface area contributed by atoms with Crippen molar-refractivity contribution >= 4 is 17.3 Å². The van der Waals surface area contributed by atoms with Gasteiger partial charge in [-0.15, -0.1) is 0 Å². The third-order valence-corrected chi connectivity index (χ3v) is 4.71. The molecule has 0 aliphatic carbocycles. The number of hydrogen-bond donors (Lipinski definition) is 5.